The van der Waals surface area contributed by atoms with Crippen LogP contribution in [0.1, 0.15) is 33.1 Å². The van der Waals surface area contributed by atoms with Gasteiger partial charge in [-0.1, -0.05) is 6.42 Å². The summed E-state index contributed by atoms with van der Waals surface area (Å²) in [5.41, 5.74) is -0.350. The molecule has 0 bridgehead atoms. The van der Waals surface area contributed by atoms with Crippen molar-refractivity contribution in [1.29, 1.82) is 0 Å². The standard InChI is InChI=1S/C12H23N3O/c1-12(2)11(16)14-7-8-15(12)9-10-5-3-4-6-13-10/h10,13H,3-9H2,1-2H3,(H,14,16). The summed E-state index contributed by atoms with van der Waals surface area (Å²) in [6.07, 6.45) is 3.85. The average molecular weight is 225 g/mol. The van der Waals surface area contributed by atoms with E-state index in [1.807, 2.05) is 13.8 Å². The molecule has 1 amide bonds. The molecule has 2 heterocycles. The SMILES string of the molecule is CC1(C)C(=O)NCCN1CC1CCCCN1. The predicted octanol–water partition coefficient (Wildman–Crippen LogP) is 0.339. The Kier molecular flexibility index (Phi) is 3.50. The Labute approximate surface area is 97.8 Å². The van der Waals surface area contributed by atoms with Crippen molar-refractivity contribution < 1.29 is 4.79 Å². The fourth-order valence-corrected chi connectivity index (χ4v) is 2.61. The number of nitrogens with one attached hydrogen (secondary N) is 2. The molecule has 0 saturated carbocycles. The first-order chi connectivity index (χ1) is 7.60. The number of hydrogen-bond donors (Lipinski definition) is 2. The van der Waals surface area contributed by atoms with Crippen molar-refractivity contribution in [1.82, 2.24) is 15.5 Å². The fraction of sp³-hybridized carbons (Fsp3) is 0.917. The van der Waals surface area contributed by atoms with Gasteiger partial charge in [-0.15, -0.1) is 0 Å². The lowest BCUT2D eigenvalue weighted by Gasteiger charge is -2.43. The van der Waals surface area contributed by atoms with Gasteiger partial charge in [0, 0.05) is 25.7 Å². The quantitative estimate of drug-likeness (QED) is 0.712. The highest BCUT2D eigenvalue weighted by molar-refractivity contribution is 5.86. The summed E-state index contributed by atoms with van der Waals surface area (Å²) in [6.45, 7) is 7.92. The second-order valence-electron chi connectivity index (χ2n) is 5.41. The average Bonchev–Trinajstić information content (AvgIpc) is 2.27. The van der Waals surface area contributed by atoms with Gasteiger partial charge in [-0.2, -0.15) is 0 Å². The largest absolute Gasteiger partial charge is 0.353 e. The van der Waals surface area contributed by atoms with Crippen molar-refractivity contribution in [2.45, 2.75) is 44.7 Å². The van der Waals surface area contributed by atoms with Gasteiger partial charge in [0.2, 0.25) is 5.91 Å². The van der Waals surface area contributed by atoms with Crippen LogP contribution in [0.4, 0.5) is 0 Å². The highest BCUT2D eigenvalue weighted by atomic mass is 16.2. The number of rotatable bonds is 2. The predicted molar refractivity (Wildman–Crippen MR) is 64.3 cm³/mol. The zero-order valence-electron chi connectivity index (χ0n) is 10.4. The van der Waals surface area contributed by atoms with Gasteiger partial charge in [-0.05, 0) is 33.2 Å². The maximum Gasteiger partial charge on any atom is 0.240 e. The molecule has 16 heavy (non-hydrogen) atoms. The molecular weight excluding hydrogens is 202 g/mol. The van der Waals surface area contributed by atoms with Crippen molar-refractivity contribution in [3.8, 4) is 0 Å². The zero-order chi connectivity index (χ0) is 11.6. The summed E-state index contributed by atoms with van der Waals surface area (Å²) >= 11 is 0. The molecule has 2 N–H and O–H groups in total. The van der Waals surface area contributed by atoms with Crippen LogP contribution in [0.15, 0.2) is 0 Å². The molecule has 2 fully saturated rings. The van der Waals surface area contributed by atoms with Crippen LogP contribution >= 0.6 is 0 Å². The first-order valence-electron chi connectivity index (χ1n) is 6.37. The van der Waals surface area contributed by atoms with Gasteiger partial charge in [0.25, 0.3) is 0 Å². The van der Waals surface area contributed by atoms with Gasteiger partial charge in [0.05, 0.1) is 5.54 Å². The lowest BCUT2D eigenvalue weighted by atomic mass is 9.96. The minimum absolute atomic E-state index is 0.162. The van der Waals surface area contributed by atoms with Crippen molar-refractivity contribution in [2.75, 3.05) is 26.2 Å². The van der Waals surface area contributed by atoms with E-state index < -0.39 is 0 Å². The van der Waals surface area contributed by atoms with E-state index in [4.69, 9.17) is 0 Å². The molecule has 0 aromatic carbocycles. The van der Waals surface area contributed by atoms with Gasteiger partial charge >= 0.3 is 0 Å². The van der Waals surface area contributed by atoms with Crippen molar-refractivity contribution >= 4 is 5.91 Å². The first kappa shape index (κ1) is 11.9. The lowest BCUT2D eigenvalue weighted by Crippen LogP contribution is -2.64. The van der Waals surface area contributed by atoms with Crippen LogP contribution < -0.4 is 10.6 Å². The molecule has 0 aromatic rings. The van der Waals surface area contributed by atoms with E-state index in [2.05, 4.69) is 15.5 Å². The number of amides is 1. The molecule has 4 nitrogen and oxygen atoms in total. The molecule has 1 atom stereocenters. The second kappa shape index (κ2) is 4.72. The van der Waals surface area contributed by atoms with Crippen LogP contribution in [-0.2, 0) is 4.79 Å². The summed E-state index contributed by atoms with van der Waals surface area (Å²) in [5.74, 6) is 0.162. The first-order valence-corrected chi connectivity index (χ1v) is 6.37. The Morgan fingerprint density at radius 3 is 2.88 bits per heavy atom. The maximum atomic E-state index is 11.8. The molecule has 0 aromatic heterocycles. The third-order valence-electron chi connectivity index (χ3n) is 3.87. The number of carbonyl (C=O) groups is 1. The Balaban J connectivity index is 1.94. The topological polar surface area (TPSA) is 44.4 Å². The third-order valence-corrected chi connectivity index (χ3v) is 3.87. The van der Waals surface area contributed by atoms with Crippen molar-refractivity contribution in [3.05, 3.63) is 0 Å². The number of hydrogen-bond acceptors (Lipinski definition) is 3. The fourth-order valence-electron chi connectivity index (χ4n) is 2.61. The molecule has 92 valence electrons. The van der Waals surface area contributed by atoms with Crippen molar-refractivity contribution in [3.63, 3.8) is 0 Å². The van der Waals surface area contributed by atoms with Crippen LogP contribution in [0.3, 0.4) is 0 Å². The van der Waals surface area contributed by atoms with Gasteiger partial charge in [0.1, 0.15) is 0 Å². The number of nitrogens with zero attached hydrogens (tertiary/aromatic N) is 1. The summed E-state index contributed by atoms with van der Waals surface area (Å²) in [7, 11) is 0. The van der Waals surface area contributed by atoms with E-state index in [1.165, 1.54) is 19.3 Å². The highest BCUT2D eigenvalue weighted by Gasteiger charge is 2.38. The molecule has 2 rings (SSSR count). The van der Waals surface area contributed by atoms with Gasteiger partial charge in [-0.25, -0.2) is 0 Å². The summed E-state index contributed by atoms with van der Waals surface area (Å²) in [6, 6.07) is 0.568. The van der Waals surface area contributed by atoms with E-state index in [0.29, 0.717) is 6.04 Å². The van der Waals surface area contributed by atoms with Crippen LogP contribution in [0, 0.1) is 0 Å². The van der Waals surface area contributed by atoms with Crippen LogP contribution in [0.5, 0.6) is 0 Å². The Hall–Kier alpha value is -0.610. The molecule has 2 saturated heterocycles. The Morgan fingerprint density at radius 1 is 1.38 bits per heavy atom. The van der Waals surface area contributed by atoms with Crippen molar-refractivity contribution in [2.24, 2.45) is 0 Å². The van der Waals surface area contributed by atoms with E-state index in [1.54, 1.807) is 0 Å². The van der Waals surface area contributed by atoms with Gasteiger partial charge < -0.3 is 10.6 Å². The number of piperidine rings is 1. The van der Waals surface area contributed by atoms with Crippen LogP contribution in [-0.4, -0.2) is 48.6 Å². The Bertz CT molecular complexity index is 259. The number of piperazine rings is 1. The van der Waals surface area contributed by atoms with Gasteiger partial charge in [-0.3, -0.25) is 9.69 Å². The summed E-state index contributed by atoms with van der Waals surface area (Å²) in [4.78, 5) is 14.1. The molecule has 0 radical (unpaired) electrons. The van der Waals surface area contributed by atoms with Gasteiger partial charge in [0.15, 0.2) is 0 Å². The maximum absolute atomic E-state index is 11.8. The zero-order valence-corrected chi connectivity index (χ0v) is 10.4. The van der Waals surface area contributed by atoms with E-state index in [-0.39, 0.29) is 11.4 Å². The lowest BCUT2D eigenvalue weighted by molar-refractivity contribution is -0.135. The summed E-state index contributed by atoms with van der Waals surface area (Å²) < 4.78 is 0. The smallest absolute Gasteiger partial charge is 0.240 e. The van der Waals surface area contributed by atoms with E-state index in [9.17, 15) is 4.79 Å². The van der Waals surface area contributed by atoms with Crippen LogP contribution in [0.2, 0.25) is 0 Å². The molecule has 2 aliphatic heterocycles. The normalized spacial score (nSPS) is 31.1. The van der Waals surface area contributed by atoms with Crippen LogP contribution in [0.25, 0.3) is 0 Å². The molecule has 2 aliphatic rings. The molecular formula is C12H23N3O. The third kappa shape index (κ3) is 2.38. The van der Waals surface area contributed by atoms with E-state index in [0.717, 1.165) is 26.2 Å². The monoisotopic (exact) mass is 225 g/mol. The number of carbonyl (C=O) groups excluding carboxylic acids is 1. The van der Waals surface area contributed by atoms with E-state index >= 15 is 0 Å². The minimum atomic E-state index is -0.350. The molecule has 0 spiro atoms. The molecule has 4 heteroatoms. The minimum Gasteiger partial charge on any atom is -0.353 e. The molecule has 1 unspecified atom stereocenters. The molecule has 0 aliphatic carbocycles. The second-order valence-corrected chi connectivity index (χ2v) is 5.41. The Morgan fingerprint density at radius 2 is 2.19 bits per heavy atom. The highest BCUT2D eigenvalue weighted by Crippen LogP contribution is 2.19. The summed E-state index contributed by atoms with van der Waals surface area (Å²) in [5, 5.41) is 6.48.